The van der Waals surface area contributed by atoms with E-state index in [1.54, 1.807) is 17.9 Å². The highest BCUT2D eigenvalue weighted by Gasteiger charge is 2.28. The number of nitrogens with zero attached hydrogens (tertiary/aromatic N) is 6. The lowest BCUT2D eigenvalue weighted by molar-refractivity contribution is -0.135. The van der Waals surface area contributed by atoms with Gasteiger partial charge >= 0.3 is 0 Å². The third kappa shape index (κ3) is 4.05. The maximum absolute atomic E-state index is 12.8. The second-order valence-corrected chi connectivity index (χ2v) is 6.23. The normalized spacial score (nSPS) is 17.0. The van der Waals surface area contributed by atoms with Crippen LogP contribution < -0.4 is 5.32 Å². The van der Waals surface area contributed by atoms with E-state index in [2.05, 4.69) is 25.5 Å². The number of carbonyl (C=O) groups excluding carboxylic acids is 1. The van der Waals surface area contributed by atoms with Crippen molar-refractivity contribution in [2.45, 2.75) is 25.9 Å². The Labute approximate surface area is 147 Å². The second-order valence-electron chi connectivity index (χ2n) is 6.23. The molecule has 0 aliphatic carbocycles. The number of carbonyl (C=O) groups is 1. The van der Waals surface area contributed by atoms with Crippen molar-refractivity contribution >= 4 is 5.91 Å². The standard InChI is InChI=1S/C16H25N7O2/c1-4-14-19-13(20-25-14)11-22-5-7-23(8-6-22)16(24)15(17-2)12-9-18-21(3)10-12/h9-10,15,17H,4-8,11H2,1-3H3. The largest absolute Gasteiger partial charge is 0.339 e. The lowest BCUT2D eigenvalue weighted by Gasteiger charge is -2.35. The number of aromatic nitrogens is 4. The maximum atomic E-state index is 12.8. The number of piperazine rings is 1. The molecule has 9 heteroatoms. The summed E-state index contributed by atoms with van der Waals surface area (Å²) in [6.45, 7) is 5.62. The summed E-state index contributed by atoms with van der Waals surface area (Å²) in [5, 5.41) is 11.2. The molecule has 1 fully saturated rings. The summed E-state index contributed by atoms with van der Waals surface area (Å²) in [5.41, 5.74) is 0.885. The van der Waals surface area contributed by atoms with Gasteiger partial charge in [0.05, 0.1) is 12.7 Å². The molecule has 9 nitrogen and oxygen atoms in total. The molecular weight excluding hydrogens is 322 g/mol. The van der Waals surface area contributed by atoms with Crippen molar-refractivity contribution in [2.75, 3.05) is 33.2 Å². The number of amides is 1. The van der Waals surface area contributed by atoms with Gasteiger partial charge in [-0.15, -0.1) is 0 Å². The van der Waals surface area contributed by atoms with Crippen LogP contribution in [0.5, 0.6) is 0 Å². The van der Waals surface area contributed by atoms with Gasteiger partial charge in [0.1, 0.15) is 6.04 Å². The van der Waals surface area contributed by atoms with Crippen molar-refractivity contribution in [2.24, 2.45) is 7.05 Å². The van der Waals surface area contributed by atoms with Crippen molar-refractivity contribution < 1.29 is 9.32 Å². The van der Waals surface area contributed by atoms with Crippen LogP contribution in [0, 0.1) is 0 Å². The van der Waals surface area contributed by atoms with Crippen molar-refractivity contribution in [3.8, 4) is 0 Å². The van der Waals surface area contributed by atoms with Crippen LogP contribution in [0.4, 0.5) is 0 Å². The van der Waals surface area contributed by atoms with E-state index >= 15 is 0 Å². The second kappa shape index (κ2) is 7.75. The number of hydrogen-bond donors (Lipinski definition) is 1. The van der Waals surface area contributed by atoms with Crippen LogP contribution in [0.1, 0.15) is 30.2 Å². The third-order valence-corrected chi connectivity index (χ3v) is 4.46. The molecular formula is C16H25N7O2. The fourth-order valence-electron chi connectivity index (χ4n) is 3.03. The van der Waals surface area contributed by atoms with Crippen molar-refractivity contribution in [3.05, 3.63) is 29.7 Å². The van der Waals surface area contributed by atoms with Crippen LogP contribution in [0.25, 0.3) is 0 Å². The van der Waals surface area contributed by atoms with E-state index in [9.17, 15) is 4.79 Å². The quantitative estimate of drug-likeness (QED) is 0.784. The molecule has 2 aromatic heterocycles. The highest BCUT2D eigenvalue weighted by atomic mass is 16.5. The Morgan fingerprint density at radius 3 is 2.68 bits per heavy atom. The Kier molecular flexibility index (Phi) is 5.44. The highest BCUT2D eigenvalue weighted by molar-refractivity contribution is 5.83. The lowest BCUT2D eigenvalue weighted by atomic mass is 10.1. The summed E-state index contributed by atoms with van der Waals surface area (Å²) in [6.07, 6.45) is 4.35. The fourth-order valence-corrected chi connectivity index (χ4v) is 3.03. The van der Waals surface area contributed by atoms with Gasteiger partial charge in [-0.3, -0.25) is 14.4 Å². The first kappa shape index (κ1) is 17.6. The van der Waals surface area contributed by atoms with Gasteiger partial charge in [0.2, 0.25) is 11.8 Å². The minimum Gasteiger partial charge on any atom is -0.339 e. The van der Waals surface area contributed by atoms with Gasteiger partial charge in [0, 0.05) is 51.4 Å². The zero-order chi connectivity index (χ0) is 17.8. The molecule has 136 valence electrons. The Hall–Kier alpha value is -2.26. The first-order chi connectivity index (χ1) is 12.1. The summed E-state index contributed by atoms with van der Waals surface area (Å²) in [7, 11) is 3.65. The van der Waals surface area contributed by atoms with Gasteiger partial charge in [0.25, 0.3) is 0 Å². The number of likely N-dealkylation sites (N-methyl/N-ethyl adjacent to an activating group) is 1. The summed E-state index contributed by atoms with van der Waals surface area (Å²) in [4.78, 5) is 21.3. The fraction of sp³-hybridized carbons (Fsp3) is 0.625. The zero-order valence-electron chi connectivity index (χ0n) is 15.0. The molecule has 0 aromatic carbocycles. The maximum Gasteiger partial charge on any atom is 0.244 e. The molecule has 25 heavy (non-hydrogen) atoms. The molecule has 0 bridgehead atoms. The van der Waals surface area contributed by atoms with Gasteiger partial charge in [-0.05, 0) is 7.05 Å². The minimum absolute atomic E-state index is 0.0861. The van der Waals surface area contributed by atoms with Crippen molar-refractivity contribution in [1.82, 2.24) is 35.0 Å². The SMILES string of the molecule is CCc1nc(CN2CCN(C(=O)C(NC)c3cnn(C)c3)CC2)no1. The number of rotatable bonds is 6. The molecule has 3 rings (SSSR count). The molecule has 1 saturated heterocycles. The van der Waals surface area contributed by atoms with E-state index in [1.165, 1.54) is 0 Å². The summed E-state index contributed by atoms with van der Waals surface area (Å²) < 4.78 is 6.85. The van der Waals surface area contributed by atoms with E-state index in [1.807, 2.05) is 25.1 Å². The molecule has 2 aromatic rings. The van der Waals surface area contributed by atoms with E-state index in [0.717, 1.165) is 25.1 Å². The van der Waals surface area contributed by atoms with Crippen LogP contribution in [0.3, 0.4) is 0 Å². The number of nitrogens with one attached hydrogen (secondary N) is 1. The number of aryl methyl sites for hydroxylation is 2. The van der Waals surface area contributed by atoms with E-state index in [0.29, 0.717) is 31.3 Å². The van der Waals surface area contributed by atoms with Crippen molar-refractivity contribution in [3.63, 3.8) is 0 Å². The summed E-state index contributed by atoms with van der Waals surface area (Å²) >= 11 is 0. The minimum atomic E-state index is -0.357. The molecule has 1 atom stereocenters. The first-order valence-corrected chi connectivity index (χ1v) is 8.59. The summed E-state index contributed by atoms with van der Waals surface area (Å²) in [5.74, 6) is 1.46. The van der Waals surface area contributed by atoms with Crippen LogP contribution in [-0.4, -0.2) is 68.9 Å². The smallest absolute Gasteiger partial charge is 0.244 e. The lowest BCUT2D eigenvalue weighted by Crippen LogP contribution is -2.51. The van der Waals surface area contributed by atoms with Crippen LogP contribution in [0.15, 0.2) is 16.9 Å². The van der Waals surface area contributed by atoms with Crippen LogP contribution in [0.2, 0.25) is 0 Å². The first-order valence-electron chi connectivity index (χ1n) is 8.59. The predicted molar refractivity (Wildman–Crippen MR) is 90.5 cm³/mol. The molecule has 0 radical (unpaired) electrons. The van der Waals surface area contributed by atoms with E-state index in [-0.39, 0.29) is 11.9 Å². The Morgan fingerprint density at radius 1 is 1.36 bits per heavy atom. The average molecular weight is 347 g/mol. The molecule has 0 saturated carbocycles. The zero-order valence-corrected chi connectivity index (χ0v) is 15.0. The van der Waals surface area contributed by atoms with Gasteiger partial charge in [-0.1, -0.05) is 12.1 Å². The topological polar surface area (TPSA) is 92.3 Å². The third-order valence-electron chi connectivity index (χ3n) is 4.46. The van der Waals surface area contributed by atoms with Crippen molar-refractivity contribution in [1.29, 1.82) is 0 Å². The molecule has 1 N–H and O–H groups in total. The predicted octanol–water partition coefficient (Wildman–Crippen LogP) is -0.0296. The van der Waals surface area contributed by atoms with E-state index < -0.39 is 0 Å². The van der Waals surface area contributed by atoms with Crippen LogP contribution >= 0.6 is 0 Å². The molecule has 1 amide bonds. The molecule has 0 spiro atoms. The van der Waals surface area contributed by atoms with E-state index in [4.69, 9.17) is 4.52 Å². The van der Waals surface area contributed by atoms with Gasteiger partial charge < -0.3 is 14.7 Å². The van der Waals surface area contributed by atoms with Gasteiger partial charge in [0.15, 0.2) is 5.82 Å². The molecule has 3 heterocycles. The Balaban J connectivity index is 1.54. The number of hydrogen-bond acceptors (Lipinski definition) is 7. The van der Waals surface area contributed by atoms with Gasteiger partial charge in [-0.25, -0.2) is 0 Å². The monoisotopic (exact) mass is 347 g/mol. The Morgan fingerprint density at radius 2 is 2.12 bits per heavy atom. The molecule has 1 unspecified atom stereocenters. The average Bonchev–Trinajstić information content (AvgIpc) is 3.25. The summed E-state index contributed by atoms with van der Waals surface area (Å²) in [6, 6.07) is -0.357. The molecule has 1 aliphatic heterocycles. The highest BCUT2D eigenvalue weighted by Crippen LogP contribution is 2.16. The van der Waals surface area contributed by atoms with Gasteiger partial charge in [-0.2, -0.15) is 10.1 Å². The van der Waals surface area contributed by atoms with Crippen LogP contribution in [-0.2, 0) is 24.8 Å². The Bertz CT molecular complexity index is 703. The molecule has 1 aliphatic rings.